The standard InChI is InChI=1S/C23H27F3N4O2/c1-4-17-11-21(23(24,25)26)30-22(27-17)12-18(28-30)16-8-9-29(14-16)13-15-6-7-19(31-3)20(10-15)32-5-2/h6-7,10-12,16H,4-5,8-9,13-14H2,1-3H3/t16-/m0/s1. The van der Waals surface area contributed by atoms with Crippen LogP contribution < -0.4 is 9.47 Å². The monoisotopic (exact) mass is 448 g/mol. The van der Waals surface area contributed by atoms with Gasteiger partial charge in [-0.2, -0.15) is 18.3 Å². The van der Waals surface area contributed by atoms with Crippen LogP contribution in [0.2, 0.25) is 0 Å². The quantitative estimate of drug-likeness (QED) is 0.524. The predicted octanol–water partition coefficient (Wildman–Crippen LogP) is 4.71. The second-order valence-electron chi connectivity index (χ2n) is 7.96. The summed E-state index contributed by atoms with van der Waals surface area (Å²) >= 11 is 0. The molecule has 4 rings (SSSR count). The summed E-state index contributed by atoms with van der Waals surface area (Å²) < 4.78 is 52.6. The van der Waals surface area contributed by atoms with Crippen molar-refractivity contribution in [3.05, 3.63) is 53.0 Å². The second kappa shape index (κ2) is 8.97. The molecule has 0 aliphatic carbocycles. The van der Waals surface area contributed by atoms with Crippen molar-refractivity contribution in [1.29, 1.82) is 0 Å². The van der Waals surface area contributed by atoms with Gasteiger partial charge in [-0.15, -0.1) is 0 Å². The first-order valence-corrected chi connectivity index (χ1v) is 10.8. The maximum absolute atomic E-state index is 13.6. The summed E-state index contributed by atoms with van der Waals surface area (Å²) in [7, 11) is 1.61. The molecule has 1 aliphatic rings. The van der Waals surface area contributed by atoms with Crippen LogP contribution >= 0.6 is 0 Å². The van der Waals surface area contributed by atoms with E-state index in [-0.39, 0.29) is 11.6 Å². The second-order valence-corrected chi connectivity index (χ2v) is 7.96. The topological polar surface area (TPSA) is 51.9 Å². The Bertz CT molecular complexity index is 1100. The predicted molar refractivity (Wildman–Crippen MR) is 114 cm³/mol. The number of benzene rings is 1. The van der Waals surface area contributed by atoms with E-state index in [0.717, 1.165) is 42.2 Å². The van der Waals surface area contributed by atoms with Gasteiger partial charge < -0.3 is 9.47 Å². The Labute approximate surface area is 185 Å². The van der Waals surface area contributed by atoms with Gasteiger partial charge in [-0.05, 0) is 50.1 Å². The summed E-state index contributed by atoms with van der Waals surface area (Å²) in [6, 6.07) is 8.66. The van der Waals surface area contributed by atoms with E-state index in [2.05, 4.69) is 15.0 Å². The summed E-state index contributed by atoms with van der Waals surface area (Å²) in [6.45, 7) is 6.55. The van der Waals surface area contributed by atoms with E-state index < -0.39 is 11.9 Å². The van der Waals surface area contributed by atoms with Crippen molar-refractivity contribution in [3.8, 4) is 11.5 Å². The molecule has 1 saturated heterocycles. The molecule has 0 N–H and O–H groups in total. The van der Waals surface area contributed by atoms with Gasteiger partial charge in [0.2, 0.25) is 0 Å². The average molecular weight is 448 g/mol. The van der Waals surface area contributed by atoms with Gasteiger partial charge in [-0.3, -0.25) is 4.90 Å². The number of nitrogens with zero attached hydrogens (tertiary/aromatic N) is 4. The van der Waals surface area contributed by atoms with E-state index >= 15 is 0 Å². The van der Waals surface area contributed by atoms with Crippen molar-refractivity contribution in [2.75, 3.05) is 26.8 Å². The smallest absolute Gasteiger partial charge is 0.433 e. The van der Waals surface area contributed by atoms with Crippen molar-refractivity contribution in [2.45, 2.75) is 45.3 Å². The Morgan fingerprint density at radius 1 is 1.12 bits per heavy atom. The molecule has 0 bridgehead atoms. The van der Waals surface area contributed by atoms with E-state index in [1.54, 1.807) is 20.1 Å². The Morgan fingerprint density at radius 3 is 2.62 bits per heavy atom. The highest BCUT2D eigenvalue weighted by Gasteiger charge is 2.36. The van der Waals surface area contributed by atoms with Gasteiger partial charge in [0.25, 0.3) is 0 Å². The third kappa shape index (κ3) is 4.53. The van der Waals surface area contributed by atoms with Gasteiger partial charge in [-0.25, -0.2) is 9.50 Å². The number of ether oxygens (including phenoxy) is 2. The van der Waals surface area contributed by atoms with E-state index in [0.29, 0.717) is 35.9 Å². The first-order valence-electron chi connectivity index (χ1n) is 10.8. The number of aromatic nitrogens is 3. The lowest BCUT2D eigenvalue weighted by Gasteiger charge is -2.17. The molecule has 1 fully saturated rings. The molecule has 3 aromatic rings. The molecular weight excluding hydrogens is 421 g/mol. The van der Waals surface area contributed by atoms with Crippen molar-refractivity contribution in [1.82, 2.24) is 19.5 Å². The van der Waals surface area contributed by atoms with Crippen LogP contribution in [0, 0.1) is 0 Å². The molecule has 6 nitrogen and oxygen atoms in total. The summed E-state index contributed by atoms with van der Waals surface area (Å²) in [5.41, 5.74) is 1.64. The van der Waals surface area contributed by atoms with Gasteiger partial charge in [-0.1, -0.05) is 13.0 Å². The molecule has 0 saturated carbocycles. The molecule has 1 aliphatic heterocycles. The molecule has 0 spiro atoms. The number of methoxy groups -OCH3 is 1. The maximum Gasteiger partial charge on any atom is 0.433 e. The van der Waals surface area contributed by atoms with Crippen molar-refractivity contribution >= 4 is 5.65 Å². The zero-order valence-corrected chi connectivity index (χ0v) is 18.4. The summed E-state index contributed by atoms with van der Waals surface area (Å²) in [5.74, 6) is 1.47. The molecule has 0 radical (unpaired) electrons. The Morgan fingerprint density at radius 2 is 1.94 bits per heavy atom. The number of likely N-dealkylation sites (tertiary alicyclic amines) is 1. The SMILES string of the molecule is CCOc1cc(CN2CC[C@H](c3cc4nc(CC)cc(C(F)(F)F)n4n3)C2)ccc1OC. The minimum absolute atomic E-state index is 0.0625. The van der Waals surface area contributed by atoms with E-state index in [1.165, 1.54) is 0 Å². The lowest BCUT2D eigenvalue weighted by Crippen LogP contribution is -2.20. The van der Waals surface area contributed by atoms with Crippen LogP contribution in [0.1, 0.15) is 48.8 Å². The van der Waals surface area contributed by atoms with Gasteiger partial charge >= 0.3 is 6.18 Å². The Balaban J connectivity index is 1.53. The minimum Gasteiger partial charge on any atom is -0.493 e. The minimum atomic E-state index is -4.48. The van der Waals surface area contributed by atoms with Crippen molar-refractivity contribution in [2.24, 2.45) is 0 Å². The number of aryl methyl sites for hydroxylation is 1. The summed E-state index contributed by atoms with van der Waals surface area (Å²) in [5, 5.41) is 4.31. The van der Waals surface area contributed by atoms with Crippen LogP contribution in [0.4, 0.5) is 13.2 Å². The van der Waals surface area contributed by atoms with Gasteiger partial charge in [0.15, 0.2) is 17.1 Å². The summed E-state index contributed by atoms with van der Waals surface area (Å²) in [6.07, 6.45) is -3.22. The molecular formula is C23H27F3N4O2. The van der Waals surface area contributed by atoms with Crippen LogP contribution in [0.25, 0.3) is 5.65 Å². The number of hydrogen-bond acceptors (Lipinski definition) is 5. The fourth-order valence-electron chi connectivity index (χ4n) is 4.19. The molecule has 1 aromatic carbocycles. The lowest BCUT2D eigenvalue weighted by molar-refractivity contribution is -0.142. The Hall–Kier alpha value is -2.81. The van der Waals surface area contributed by atoms with Crippen LogP contribution in [-0.2, 0) is 19.1 Å². The molecule has 9 heteroatoms. The third-order valence-corrected chi connectivity index (χ3v) is 5.78. The number of rotatable bonds is 7. The van der Waals surface area contributed by atoms with Crippen LogP contribution in [0.5, 0.6) is 11.5 Å². The molecule has 0 amide bonds. The molecule has 1 atom stereocenters. The molecule has 3 heterocycles. The fourth-order valence-corrected chi connectivity index (χ4v) is 4.19. The fraction of sp³-hybridized carbons (Fsp3) is 0.478. The highest BCUT2D eigenvalue weighted by molar-refractivity contribution is 5.44. The van der Waals surface area contributed by atoms with E-state index in [4.69, 9.17) is 9.47 Å². The number of hydrogen-bond donors (Lipinski definition) is 0. The van der Waals surface area contributed by atoms with E-state index in [9.17, 15) is 13.2 Å². The van der Waals surface area contributed by atoms with Gasteiger partial charge in [0.05, 0.1) is 19.4 Å². The van der Waals surface area contributed by atoms with Gasteiger partial charge in [0.1, 0.15) is 5.69 Å². The van der Waals surface area contributed by atoms with Crippen LogP contribution in [0.15, 0.2) is 30.3 Å². The molecule has 32 heavy (non-hydrogen) atoms. The average Bonchev–Trinajstić information content (AvgIpc) is 3.39. The van der Waals surface area contributed by atoms with Crippen LogP contribution in [-0.4, -0.2) is 46.3 Å². The number of halogens is 3. The highest BCUT2D eigenvalue weighted by atomic mass is 19.4. The molecule has 172 valence electrons. The van der Waals surface area contributed by atoms with Crippen LogP contribution in [0.3, 0.4) is 0 Å². The third-order valence-electron chi connectivity index (χ3n) is 5.78. The first kappa shape index (κ1) is 22.4. The molecule has 2 aromatic heterocycles. The number of fused-ring (bicyclic) bond motifs is 1. The number of alkyl halides is 3. The van der Waals surface area contributed by atoms with Gasteiger partial charge in [0, 0.05) is 30.8 Å². The zero-order chi connectivity index (χ0) is 22.9. The maximum atomic E-state index is 13.6. The first-order chi connectivity index (χ1) is 15.3. The Kier molecular flexibility index (Phi) is 6.28. The summed E-state index contributed by atoms with van der Waals surface area (Å²) in [4.78, 5) is 6.63. The largest absolute Gasteiger partial charge is 0.493 e. The van der Waals surface area contributed by atoms with Crippen molar-refractivity contribution in [3.63, 3.8) is 0 Å². The normalized spacial score (nSPS) is 17.2. The van der Waals surface area contributed by atoms with Crippen molar-refractivity contribution < 1.29 is 22.6 Å². The lowest BCUT2D eigenvalue weighted by atomic mass is 10.1. The van der Waals surface area contributed by atoms with E-state index in [1.807, 2.05) is 25.1 Å². The zero-order valence-electron chi connectivity index (χ0n) is 18.4. The molecule has 0 unspecified atom stereocenters. The highest BCUT2D eigenvalue weighted by Crippen LogP contribution is 2.34.